The Kier molecular flexibility index (Phi) is 57.6. The summed E-state index contributed by atoms with van der Waals surface area (Å²) in [5.41, 5.74) is 0. The molecule has 0 aromatic carbocycles. The van der Waals surface area contributed by atoms with Crippen molar-refractivity contribution >= 4 is 17.9 Å². The molecule has 0 saturated carbocycles. The van der Waals surface area contributed by atoms with Gasteiger partial charge >= 0.3 is 17.9 Å². The summed E-state index contributed by atoms with van der Waals surface area (Å²) in [6.07, 6.45) is 66.7. The van der Waals surface area contributed by atoms with Gasteiger partial charge in [0.15, 0.2) is 6.10 Å². The molecule has 6 nitrogen and oxygen atoms in total. The first kappa shape index (κ1) is 67.4. The van der Waals surface area contributed by atoms with Gasteiger partial charge in [-0.15, -0.1) is 0 Å². The van der Waals surface area contributed by atoms with E-state index >= 15 is 0 Å². The number of hydrogen-bond acceptors (Lipinski definition) is 6. The van der Waals surface area contributed by atoms with Crippen LogP contribution in [0.4, 0.5) is 0 Å². The second kappa shape index (κ2) is 59.0. The van der Waals surface area contributed by atoms with E-state index in [-0.39, 0.29) is 31.1 Å². The van der Waals surface area contributed by atoms with Gasteiger partial charge in [-0.25, -0.2) is 0 Å². The fourth-order valence-electron chi connectivity index (χ4n) is 9.86. The minimum Gasteiger partial charge on any atom is -0.462 e. The maximum atomic E-state index is 12.9. The molecule has 0 radical (unpaired) electrons. The van der Waals surface area contributed by atoms with Crippen molar-refractivity contribution < 1.29 is 28.6 Å². The third-order valence-corrected chi connectivity index (χ3v) is 14.6. The van der Waals surface area contributed by atoms with Crippen molar-refractivity contribution in [2.75, 3.05) is 13.2 Å². The van der Waals surface area contributed by atoms with Crippen LogP contribution in [-0.2, 0) is 28.6 Å². The SMILES string of the molecule is CCCCCCCCCCCCCCCCCCCCCC(=O)O[C@@H](COC(=O)CCCCCCCCCCCCCCCC)COC(=O)CCCCCCCCCCCCCCCCCCCC. The molecule has 69 heavy (non-hydrogen) atoms. The summed E-state index contributed by atoms with van der Waals surface area (Å²) < 4.78 is 16.9. The third kappa shape index (κ3) is 57.2. The lowest BCUT2D eigenvalue weighted by molar-refractivity contribution is -0.167. The first-order chi connectivity index (χ1) is 34.0. The maximum Gasteiger partial charge on any atom is 0.306 e. The van der Waals surface area contributed by atoms with E-state index in [1.807, 2.05) is 0 Å². The normalized spacial score (nSPS) is 11.9. The Morgan fingerprint density at radius 3 is 0.580 bits per heavy atom. The highest BCUT2D eigenvalue weighted by atomic mass is 16.6. The molecule has 0 amide bonds. The summed E-state index contributed by atoms with van der Waals surface area (Å²) in [7, 11) is 0. The Hall–Kier alpha value is -1.59. The van der Waals surface area contributed by atoms with Crippen LogP contribution < -0.4 is 0 Å². The van der Waals surface area contributed by atoms with Crippen molar-refractivity contribution in [3.05, 3.63) is 0 Å². The molecule has 0 unspecified atom stereocenters. The lowest BCUT2D eigenvalue weighted by Crippen LogP contribution is -2.30. The zero-order valence-electron chi connectivity index (χ0n) is 47.1. The largest absolute Gasteiger partial charge is 0.462 e. The van der Waals surface area contributed by atoms with E-state index in [0.29, 0.717) is 19.3 Å². The summed E-state index contributed by atoms with van der Waals surface area (Å²) in [6.45, 7) is 6.73. The maximum absolute atomic E-state index is 12.9. The number of rotatable bonds is 59. The van der Waals surface area contributed by atoms with Crippen molar-refractivity contribution in [3.63, 3.8) is 0 Å². The van der Waals surface area contributed by atoms with Gasteiger partial charge in [-0.05, 0) is 19.3 Å². The van der Waals surface area contributed by atoms with E-state index in [1.165, 1.54) is 270 Å². The van der Waals surface area contributed by atoms with E-state index in [1.54, 1.807) is 0 Å². The molecule has 0 fully saturated rings. The van der Waals surface area contributed by atoms with Crippen molar-refractivity contribution in [1.82, 2.24) is 0 Å². The van der Waals surface area contributed by atoms with Gasteiger partial charge < -0.3 is 14.2 Å². The Morgan fingerprint density at radius 2 is 0.391 bits per heavy atom. The number of hydrogen-bond donors (Lipinski definition) is 0. The number of ether oxygens (including phenoxy) is 3. The van der Waals surface area contributed by atoms with E-state index in [2.05, 4.69) is 20.8 Å². The zero-order valence-corrected chi connectivity index (χ0v) is 47.1. The van der Waals surface area contributed by atoms with Gasteiger partial charge in [0, 0.05) is 19.3 Å². The Balaban J connectivity index is 4.27. The molecule has 0 aliphatic rings. The van der Waals surface area contributed by atoms with Crippen LogP contribution in [0.1, 0.15) is 367 Å². The van der Waals surface area contributed by atoms with Gasteiger partial charge in [0.25, 0.3) is 0 Å². The number of unbranched alkanes of at least 4 members (excludes halogenated alkanes) is 48. The smallest absolute Gasteiger partial charge is 0.306 e. The highest BCUT2D eigenvalue weighted by Crippen LogP contribution is 2.18. The number of carbonyl (C=O) groups excluding carboxylic acids is 3. The fraction of sp³-hybridized carbons (Fsp3) is 0.952. The molecule has 1 atom stereocenters. The molecule has 410 valence electrons. The van der Waals surface area contributed by atoms with Crippen LogP contribution in [0, 0.1) is 0 Å². The second-order valence-electron chi connectivity index (χ2n) is 21.7. The van der Waals surface area contributed by atoms with Gasteiger partial charge in [-0.2, -0.15) is 0 Å². The van der Waals surface area contributed by atoms with Crippen molar-refractivity contribution in [1.29, 1.82) is 0 Å². The molecule has 0 spiro atoms. The van der Waals surface area contributed by atoms with Crippen molar-refractivity contribution in [2.45, 2.75) is 374 Å². The first-order valence-corrected chi connectivity index (χ1v) is 31.5. The lowest BCUT2D eigenvalue weighted by atomic mass is 10.0. The highest BCUT2D eigenvalue weighted by Gasteiger charge is 2.19. The second-order valence-corrected chi connectivity index (χ2v) is 21.7. The van der Waals surface area contributed by atoms with Crippen LogP contribution >= 0.6 is 0 Å². The van der Waals surface area contributed by atoms with Gasteiger partial charge in [-0.1, -0.05) is 329 Å². The third-order valence-electron chi connectivity index (χ3n) is 14.6. The Morgan fingerprint density at radius 1 is 0.232 bits per heavy atom. The highest BCUT2D eigenvalue weighted by molar-refractivity contribution is 5.71. The van der Waals surface area contributed by atoms with Gasteiger partial charge in [0.2, 0.25) is 0 Å². The quantitative estimate of drug-likeness (QED) is 0.0343. The van der Waals surface area contributed by atoms with Crippen LogP contribution in [0.5, 0.6) is 0 Å². The summed E-state index contributed by atoms with van der Waals surface area (Å²) in [5, 5.41) is 0. The number of carbonyl (C=O) groups is 3. The van der Waals surface area contributed by atoms with Crippen LogP contribution in [0.3, 0.4) is 0 Å². The monoisotopic (exact) mass is 975 g/mol. The minimum absolute atomic E-state index is 0.0606. The van der Waals surface area contributed by atoms with Crippen molar-refractivity contribution in [3.8, 4) is 0 Å². The van der Waals surface area contributed by atoms with E-state index in [0.717, 1.165) is 57.8 Å². The molecular weight excluding hydrogens is 853 g/mol. The number of esters is 3. The molecule has 0 bridgehead atoms. The topological polar surface area (TPSA) is 78.9 Å². The zero-order chi connectivity index (χ0) is 50.0. The fourth-order valence-corrected chi connectivity index (χ4v) is 9.86. The molecule has 0 heterocycles. The first-order valence-electron chi connectivity index (χ1n) is 31.5. The molecule has 0 aromatic heterocycles. The molecule has 6 heteroatoms. The molecule has 0 rings (SSSR count). The average molecular weight is 976 g/mol. The molecule has 0 aliphatic heterocycles. The Bertz CT molecular complexity index is 1030. The average Bonchev–Trinajstić information content (AvgIpc) is 3.35. The van der Waals surface area contributed by atoms with Crippen molar-refractivity contribution in [2.24, 2.45) is 0 Å². The molecule has 0 aliphatic carbocycles. The molecule has 0 aromatic rings. The van der Waals surface area contributed by atoms with E-state index in [4.69, 9.17) is 14.2 Å². The predicted octanol–water partition coefficient (Wildman–Crippen LogP) is 21.1. The summed E-state index contributed by atoms with van der Waals surface area (Å²) in [6, 6.07) is 0. The van der Waals surface area contributed by atoms with Crippen LogP contribution in [0.25, 0.3) is 0 Å². The summed E-state index contributed by atoms with van der Waals surface area (Å²) in [5.74, 6) is -0.825. The van der Waals surface area contributed by atoms with Gasteiger partial charge in [0.1, 0.15) is 13.2 Å². The van der Waals surface area contributed by atoms with Crippen LogP contribution in [0.2, 0.25) is 0 Å². The Labute approximate surface area is 431 Å². The van der Waals surface area contributed by atoms with Gasteiger partial charge in [-0.3, -0.25) is 14.4 Å². The molecular formula is C63H122O6. The molecule has 0 saturated heterocycles. The van der Waals surface area contributed by atoms with E-state index < -0.39 is 6.10 Å². The minimum atomic E-state index is -0.762. The molecule has 0 N–H and O–H groups in total. The predicted molar refractivity (Wildman–Crippen MR) is 298 cm³/mol. The summed E-state index contributed by atoms with van der Waals surface area (Å²) in [4.78, 5) is 38.3. The lowest BCUT2D eigenvalue weighted by Gasteiger charge is -2.18. The summed E-state index contributed by atoms with van der Waals surface area (Å²) >= 11 is 0. The van der Waals surface area contributed by atoms with E-state index in [9.17, 15) is 14.4 Å². The standard InChI is InChI=1S/C63H122O6/c1-4-7-10-13-16-19-22-25-28-30-32-34-36-39-42-45-48-51-54-57-63(66)69-60(58-67-61(64)55-52-49-46-43-40-37-27-24-21-18-15-12-9-6-3)59-68-62(65)56-53-50-47-44-41-38-35-33-31-29-26-23-20-17-14-11-8-5-2/h60H,4-59H2,1-3H3/t60-/m0/s1. The van der Waals surface area contributed by atoms with Gasteiger partial charge in [0.05, 0.1) is 0 Å². The van der Waals surface area contributed by atoms with Crippen LogP contribution in [-0.4, -0.2) is 37.2 Å². The van der Waals surface area contributed by atoms with Crippen LogP contribution in [0.15, 0.2) is 0 Å².